The van der Waals surface area contributed by atoms with Crippen LogP contribution in [0.25, 0.3) is 0 Å². The Kier molecular flexibility index (Phi) is 6.87. The largest absolute Gasteiger partial charge is 0.456 e. The third kappa shape index (κ3) is 5.25. The molecule has 2 aromatic rings. The summed E-state index contributed by atoms with van der Waals surface area (Å²) in [7, 11) is 0. The van der Waals surface area contributed by atoms with E-state index in [1.165, 1.54) is 5.56 Å². The van der Waals surface area contributed by atoms with Crippen LogP contribution in [0, 0.1) is 17.5 Å². The molecule has 0 spiro atoms. The first-order chi connectivity index (χ1) is 14.3. The third-order valence-electron chi connectivity index (χ3n) is 4.90. The molecular formula is C22H20F3NO4. The van der Waals surface area contributed by atoms with Gasteiger partial charge >= 0.3 is 5.97 Å². The zero-order valence-corrected chi connectivity index (χ0v) is 16.1. The van der Waals surface area contributed by atoms with Crippen LogP contribution in [0.1, 0.15) is 47.2 Å². The van der Waals surface area contributed by atoms with Crippen LogP contribution in [0.15, 0.2) is 30.3 Å². The van der Waals surface area contributed by atoms with Gasteiger partial charge in [0.15, 0.2) is 29.8 Å². The van der Waals surface area contributed by atoms with Crippen LogP contribution < -0.4 is 5.32 Å². The highest BCUT2D eigenvalue weighted by Gasteiger charge is 2.17. The van der Waals surface area contributed by atoms with E-state index >= 15 is 0 Å². The molecule has 0 heterocycles. The summed E-state index contributed by atoms with van der Waals surface area (Å²) in [5.74, 6) is -6.55. The van der Waals surface area contributed by atoms with Crippen molar-refractivity contribution < 1.29 is 32.3 Å². The Bertz CT molecular complexity index is 991. The van der Waals surface area contributed by atoms with E-state index < -0.39 is 41.6 Å². The summed E-state index contributed by atoms with van der Waals surface area (Å²) >= 11 is 0. The fraction of sp³-hybridized carbons (Fsp3) is 0.318. The molecule has 0 atom stereocenters. The van der Waals surface area contributed by atoms with Gasteiger partial charge in [-0.1, -0.05) is 12.1 Å². The van der Waals surface area contributed by atoms with Gasteiger partial charge in [-0.25, -0.2) is 13.2 Å². The van der Waals surface area contributed by atoms with E-state index in [0.29, 0.717) is 11.6 Å². The highest BCUT2D eigenvalue weighted by Crippen LogP contribution is 2.23. The molecule has 0 aliphatic heterocycles. The lowest BCUT2D eigenvalue weighted by Crippen LogP contribution is -2.22. The molecule has 5 nitrogen and oxygen atoms in total. The number of ketones is 1. The monoisotopic (exact) mass is 419 g/mol. The Morgan fingerprint density at radius 3 is 2.40 bits per heavy atom. The maximum atomic E-state index is 13.5. The molecule has 0 fully saturated rings. The lowest BCUT2D eigenvalue weighted by atomic mass is 9.89. The van der Waals surface area contributed by atoms with E-state index in [0.717, 1.165) is 37.3 Å². The van der Waals surface area contributed by atoms with E-state index in [-0.39, 0.29) is 18.6 Å². The Balaban J connectivity index is 1.45. The minimum atomic E-state index is -1.72. The Morgan fingerprint density at radius 1 is 0.900 bits per heavy atom. The van der Waals surface area contributed by atoms with Crippen LogP contribution in [-0.4, -0.2) is 24.3 Å². The van der Waals surface area contributed by atoms with Gasteiger partial charge in [-0.15, -0.1) is 0 Å². The van der Waals surface area contributed by atoms with Gasteiger partial charge in [0.2, 0.25) is 0 Å². The molecule has 0 radical (unpaired) electrons. The van der Waals surface area contributed by atoms with Crippen molar-refractivity contribution in [1.82, 2.24) is 0 Å². The first-order valence-electron chi connectivity index (χ1n) is 9.59. The minimum Gasteiger partial charge on any atom is -0.456 e. The van der Waals surface area contributed by atoms with Crippen molar-refractivity contribution in [1.29, 1.82) is 0 Å². The number of hydrogen-bond donors (Lipinski definition) is 1. The molecule has 1 aliphatic rings. The molecule has 0 aromatic heterocycles. The van der Waals surface area contributed by atoms with Crippen LogP contribution >= 0.6 is 0 Å². The molecule has 1 aliphatic carbocycles. The number of nitrogens with one attached hydrogen (secondary N) is 1. The summed E-state index contributed by atoms with van der Waals surface area (Å²) in [6.45, 7) is -0.746. The molecule has 1 amide bonds. The summed E-state index contributed by atoms with van der Waals surface area (Å²) in [5.41, 5.74) is 2.38. The molecule has 2 aromatic carbocycles. The molecular weight excluding hydrogens is 399 g/mol. The molecule has 1 N–H and O–H groups in total. The number of amides is 1. The highest BCUT2D eigenvalue weighted by molar-refractivity contribution is 5.98. The van der Waals surface area contributed by atoms with Crippen molar-refractivity contribution in [3.8, 4) is 0 Å². The van der Waals surface area contributed by atoms with Gasteiger partial charge in [0.25, 0.3) is 5.91 Å². The van der Waals surface area contributed by atoms with E-state index in [4.69, 9.17) is 4.74 Å². The van der Waals surface area contributed by atoms with Crippen molar-refractivity contribution in [3.05, 3.63) is 64.5 Å². The Morgan fingerprint density at radius 2 is 1.63 bits per heavy atom. The molecule has 0 unspecified atom stereocenters. The number of carbonyl (C=O) groups is 3. The second-order valence-electron chi connectivity index (χ2n) is 7.05. The summed E-state index contributed by atoms with van der Waals surface area (Å²) in [6.07, 6.45) is 3.88. The number of fused-ring (bicyclic) bond motifs is 1. The Hall–Kier alpha value is -3.16. The first kappa shape index (κ1) is 21.5. The number of carbonyl (C=O) groups excluding carboxylic acids is 3. The number of anilines is 1. The number of ether oxygens (including phenoxy) is 1. The number of benzene rings is 2. The average molecular weight is 419 g/mol. The number of hydrogen-bond acceptors (Lipinski definition) is 4. The molecule has 0 saturated heterocycles. The van der Waals surface area contributed by atoms with Crippen LogP contribution in [0.3, 0.4) is 0 Å². The van der Waals surface area contributed by atoms with Crippen molar-refractivity contribution in [2.45, 2.75) is 38.5 Å². The second-order valence-corrected chi connectivity index (χ2v) is 7.05. The number of halogens is 3. The van der Waals surface area contributed by atoms with Gasteiger partial charge in [0.1, 0.15) is 0 Å². The van der Waals surface area contributed by atoms with Crippen LogP contribution in [0.2, 0.25) is 0 Å². The van der Waals surface area contributed by atoms with Gasteiger partial charge in [0, 0.05) is 12.0 Å². The van der Waals surface area contributed by atoms with E-state index in [2.05, 4.69) is 0 Å². The van der Waals surface area contributed by atoms with E-state index in [1.54, 1.807) is 6.07 Å². The van der Waals surface area contributed by atoms with Crippen molar-refractivity contribution in [2.24, 2.45) is 0 Å². The van der Waals surface area contributed by atoms with E-state index in [9.17, 15) is 27.6 Å². The van der Waals surface area contributed by atoms with Gasteiger partial charge < -0.3 is 10.1 Å². The summed E-state index contributed by atoms with van der Waals surface area (Å²) < 4.78 is 44.3. The number of aryl methyl sites for hydroxylation is 2. The first-order valence-corrected chi connectivity index (χ1v) is 9.59. The zero-order valence-electron chi connectivity index (χ0n) is 16.1. The molecule has 3 rings (SSSR count). The SMILES string of the molecule is O=C(COC(=O)CCC(=O)c1ccc2c(c1)CCCC2)Nc1ccc(F)c(F)c1F. The van der Waals surface area contributed by atoms with Crippen molar-refractivity contribution in [2.75, 3.05) is 11.9 Å². The zero-order chi connectivity index (χ0) is 21.7. The quantitative estimate of drug-likeness (QED) is 0.416. The number of esters is 1. The normalized spacial score (nSPS) is 12.8. The van der Waals surface area contributed by atoms with Crippen LogP contribution in [0.4, 0.5) is 18.9 Å². The van der Waals surface area contributed by atoms with Gasteiger partial charge in [-0.05, 0) is 55.0 Å². The van der Waals surface area contributed by atoms with Gasteiger partial charge in [-0.2, -0.15) is 0 Å². The third-order valence-corrected chi connectivity index (χ3v) is 4.90. The lowest BCUT2D eigenvalue weighted by molar-refractivity contribution is -0.147. The molecule has 0 saturated carbocycles. The predicted octanol–water partition coefficient (Wildman–Crippen LogP) is 4.13. The fourth-order valence-corrected chi connectivity index (χ4v) is 3.29. The Labute approximate surface area is 171 Å². The van der Waals surface area contributed by atoms with Crippen LogP contribution in [-0.2, 0) is 27.2 Å². The standard InChI is InChI=1S/C22H20F3NO4/c23-16-7-8-17(22(25)21(16)24)26-19(28)12-30-20(29)10-9-18(27)15-6-5-13-3-1-2-4-14(13)11-15/h5-8,11H,1-4,9-10,12H2,(H,26,28). The molecule has 158 valence electrons. The number of rotatable bonds is 7. The van der Waals surface area contributed by atoms with Crippen LogP contribution in [0.5, 0.6) is 0 Å². The highest BCUT2D eigenvalue weighted by atomic mass is 19.2. The molecule has 30 heavy (non-hydrogen) atoms. The number of Topliss-reactive ketones (excluding diaryl/α,β-unsaturated/α-hetero) is 1. The van der Waals surface area contributed by atoms with E-state index in [1.807, 2.05) is 17.4 Å². The topological polar surface area (TPSA) is 72.5 Å². The minimum absolute atomic E-state index is 0.0724. The van der Waals surface area contributed by atoms with Crippen molar-refractivity contribution in [3.63, 3.8) is 0 Å². The average Bonchev–Trinajstić information content (AvgIpc) is 2.76. The predicted molar refractivity (Wildman–Crippen MR) is 103 cm³/mol. The van der Waals surface area contributed by atoms with Gasteiger partial charge in [-0.3, -0.25) is 14.4 Å². The van der Waals surface area contributed by atoms with Gasteiger partial charge in [0.05, 0.1) is 12.1 Å². The summed E-state index contributed by atoms with van der Waals surface area (Å²) in [4.78, 5) is 35.8. The fourth-order valence-electron chi connectivity index (χ4n) is 3.29. The maximum absolute atomic E-state index is 13.5. The molecule has 8 heteroatoms. The smallest absolute Gasteiger partial charge is 0.306 e. The summed E-state index contributed by atoms with van der Waals surface area (Å²) in [6, 6.07) is 7.08. The second kappa shape index (κ2) is 9.56. The van der Waals surface area contributed by atoms with Crippen molar-refractivity contribution >= 4 is 23.3 Å². The molecule has 0 bridgehead atoms. The summed E-state index contributed by atoms with van der Waals surface area (Å²) in [5, 5.41) is 1.99. The maximum Gasteiger partial charge on any atom is 0.306 e. The lowest BCUT2D eigenvalue weighted by Gasteiger charge is -2.16.